The first-order valence-corrected chi connectivity index (χ1v) is 9.78. The van der Waals surface area contributed by atoms with Crippen molar-refractivity contribution in [2.75, 3.05) is 6.54 Å². The van der Waals surface area contributed by atoms with Gasteiger partial charge in [0.2, 0.25) is 0 Å². The van der Waals surface area contributed by atoms with Crippen LogP contribution in [0.2, 0.25) is 0 Å². The van der Waals surface area contributed by atoms with Crippen LogP contribution in [0.3, 0.4) is 0 Å². The van der Waals surface area contributed by atoms with E-state index in [1.165, 1.54) is 12.1 Å². The van der Waals surface area contributed by atoms with E-state index < -0.39 is 0 Å². The first kappa shape index (κ1) is 18.5. The van der Waals surface area contributed by atoms with E-state index in [0.717, 1.165) is 48.6 Å². The van der Waals surface area contributed by atoms with Crippen molar-refractivity contribution in [3.05, 3.63) is 57.6 Å². The van der Waals surface area contributed by atoms with E-state index in [1.54, 1.807) is 16.8 Å². The summed E-state index contributed by atoms with van der Waals surface area (Å²) in [7, 11) is 0. The Bertz CT molecular complexity index is 1070. The second kappa shape index (κ2) is 7.67. The van der Waals surface area contributed by atoms with Gasteiger partial charge in [-0.3, -0.25) is 9.89 Å². The summed E-state index contributed by atoms with van der Waals surface area (Å²) in [6.45, 7) is 3.17. The maximum Gasteiger partial charge on any atom is 0.272 e. The second-order valence-corrected chi connectivity index (χ2v) is 7.10. The predicted octanol–water partition coefficient (Wildman–Crippen LogP) is 2.75. The lowest BCUT2D eigenvalue weighted by Crippen LogP contribution is -2.27. The fourth-order valence-corrected chi connectivity index (χ4v) is 3.93. The molecule has 0 fully saturated rings. The first-order valence-electron chi connectivity index (χ1n) is 9.37. The minimum atomic E-state index is -0.296. The van der Waals surface area contributed by atoms with Crippen LogP contribution in [0, 0.1) is 10.6 Å². The number of aromatic nitrogens is 5. The van der Waals surface area contributed by atoms with Gasteiger partial charge >= 0.3 is 0 Å². The minimum absolute atomic E-state index is 0.198. The summed E-state index contributed by atoms with van der Waals surface area (Å²) >= 11 is 5.18. The molecular weight excluding hydrogens is 379 g/mol. The lowest BCUT2D eigenvalue weighted by Gasteiger charge is -2.06. The van der Waals surface area contributed by atoms with Crippen LogP contribution in [-0.4, -0.2) is 37.0 Å². The highest BCUT2D eigenvalue weighted by Crippen LogP contribution is 2.27. The van der Waals surface area contributed by atoms with Crippen LogP contribution in [0.25, 0.3) is 5.69 Å². The van der Waals surface area contributed by atoms with Gasteiger partial charge in [0.25, 0.3) is 5.91 Å². The summed E-state index contributed by atoms with van der Waals surface area (Å²) in [5.41, 5.74) is 3.23. The molecule has 146 valence electrons. The molecule has 1 aromatic carbocycles. The van der Waals surface area contributed by atoms with E-state index in [0.29, 0.717) is 23.4 Å². The maximum atomic E-state index is 13.2. The van der Waals surface area contributed by atoms with Gasteiger partial charge in [0.05, 0.1) is 5.69 Å². The predicted molar refractivity (Wildman–Crippen MR) is 105 cm³/mol. The van der Waals surface area contributed by atoms with Crippen LogP contribution in [0.5, 0.6) is 0 Å². The summed E-state index contributed by atoms with van der Waals surface area (Å²) in [4.78, 5) is 12.8. The number of amides is 1. The van der Waals surface area contributed by atoms with Gasteiger partial charge in [-0.25, -0.2) is 9.07 Å². The molecular formula is C19H21FN6OS. The van der Waals surface area contributed by atoms with Crippen molar-refractivity contribution >= 4 is 18.1 Å². The monoisotopic (exact) mass is 400 g/mol. The smallest absolute Gasteiger partial charge is 0.272 e. The molecule has 28 heavy (non-hydrogen) atoms. The lowest BCUT2D eigenvalue weighted by molar-refractivity contribution is 0.0947. The van der Waals surface area contributed by atoms with Crippen LogP contribution < -0.4 is 5.32 Å². The van der Waals surface area contributed by atoms with Crippen molar-refractivity contribution in [3.8, 4) is 5.69 Å². The Labute approximate surface area is 166 Å². The standard InChI is InChI=1S/C19H21FN6OS/c1-2-25-16(22-23-19(25)28)10-11-21-18(27)17-14-4-3-5-15(14)26(24-17)13-8-6-12(20)7-9-13/h6-9H,2-5,10-11H2,1H3,(H,21,27)(H,23,28). The fourth-order valence-electron chi connectivity index (χ4n) is 3.65. The van der Waals surface area contributed by atoms with Crippen LogP contribution in [0.15, 0.2) is 24.3 Å². The van der Waals surface area contributed by atoms with E-state index in [-0.39, 0.29) is 11.7 Å². The van der Waals surface area contributed by atoms with Crippen molar-refractivity contribution in [1.82, 2.24) is 29.9 Å². The number of H-pyrrole nitrogens is 1. The van der Waals surface area contributed by atoms with Gasteiger partial charge in [0.15, 0.2) is 10.5 Å². The molecule has 3 aromatic rings. The number of hydrogen-bond acceptors (Lipinski definition) is 4. The average Bonchev–Trinajstić information content (AvgIpc) is 3.38. The molecule has 2 aromatic heterocycles. The van der Waals surface area contributed by atoms with Gasteiger partial charge in [0, 0.05) is 30.8 Å². The molecule has 0 saturated heterocycles. The normalized spacial score (nSPS) is 12.9. The molecule has 1 aliphatic rings. The zero-order chi connectivity index (χ0) is 19.7. The van der Waals surface area contributed by atoms with Gasteiger partial charge < -0.3 is 9.88 Å². The lowest BCUT2D eigenvalue weighted by atomic mass is 10.2. The number of benzene rings is 1. The highest BCUT2D eigenvalue weighted by molar-refractivity contribution is 7.71. The van der Waals surface area contributed by atoms with Crippen LogP contribution in [0.1, 0.15) is 40.9 Å². The first-order chi connectivity index (χ1) is 13.6. The summed E-state index contributed by atoms with van der Waals surface area (Å²) in [5, 5.41) is 14.5. The van der Waals surface area contributed by atoms with Gasteiger partial charge in [0.1, 0.15) is 11.6 Å². The molecule has 0 saturated carbocycles. The summed E-state index contributed by atoms with van der Waals surface area (Å²) in [5.74, 6) is 0.321. The Morgan fingerprint density at radius 3 is 2.86 bits per heavy atom. The Morgan fingerprint density at radius 1 is 1.32 bits per heavy atom. The third-order valence-electron chi connectivity index (χ3n) is 5.00. The molecule has 4 rings (SSSR count). The van der Waals surface area contributed by atoms with E-state index in [4.69, 9.17) is 12.2 Å². The van der Waals surface area contributed by atoms with E-state index in [9.17, 15) is 9.18 Å². The number of hydrogen-bond donors (Lipinski definition) is 2. The van der Waals surface area contributed by atoms with Gasteiger partial charge in [-0.15, -0.1) is 0 Å². The van der Waals surface area contributed by atoms with Crippen LogP contribution in [0.4, 0.5) is 4.39 Å². The second-order valence-electron chi connectivity index (χ2n) is 6.71. The molecule has 0 aliphatic heterocycles. The number of fused-ring (bicyclic) bond motifs is 1. The SMILES string of the molecule is CCn1c(CCNC(=O)c2nn(-c3ccc(F)cc3)c3c2CCC3)n[nH]c1=S. The van der Waals surface area contributed by atoms with Gasteiger partial charge in [-0.05, 0) is 62.7 Å². The Hall–Kier alpha value is -2.81. The molecule has 1 amide bonds. The van der Waals surface area contributed by atoms with Crippen molar-refractivity contribution in [1.29, 1.82) is 0 Å². The van der Waals surface area contributed by atoms with Gasteiger partial charge in [-0.2, -0.15) is 10.2 Å². The molecule has 2 heterocycles. The molecule has 0 spiro atoms. The van der Waals surface area contributed by atoms with Crippen molar-refractivity contribution < 1.29 is 9.18 Å². The number of carbonyl (C=O) groups is 1. The molecule has 0 bridgehead atoms. The van der Waals surface area contributed by atoms with E-state index in [2.05, 4.69) is 20.6 Å². The molecule has 9 heteroatoms. The Kier molecular flexibility index (Phi) is 5.08. The summed E-state index contributed by atoms with van der Waals surface area (Å²) in [6.07, 6.45) is 3.25. The number of nitrogens with zero attached hydrogens (tertiary/aromatic N) is 4. The van der Waals surface area contributed by atoms with Crippen LogP contribution >= 0.6 is 12.2 Å². The number of nitrogens with one attached hydrogen (secondary N) is 2. The number of carbonyl (C=O) groups excluding carboxylic acids is 1. The van der Waals surface area contributed by atoms with Crippen molar-refractivity contribution in [2.45, 2.75) is 39.2 Å². The van der Waals surface area contributed by atoms with E-state index in [1.807, 2.05) is 11.5 Å². The maximum absolute atomic E-state index is 13.2. The molecule has 2 N–H and O–H groups in total. The zero-order valence-electron chi connectivity index (χ0n) is 15.5. The van der Waals surface area contributed by atoms with Crippen molar-refractivity contribution in [2.24, 2.45) is 0 Å². The fraction of sp³-hybridized carbons (Fsp3) is 0.368. The average molecular weight is 400 g/mol. The molecule has 0 atom stereocenters. The third-order valence-corrected chi connectivity index (χ3v) is 5.32. The van der Waals surface area contributed by atoms with E-state index >= 15 is 0 Å². The molecule has 1 aliphatic carbocycles. The van der Waals surface area contributed by atoms with Crippen molar-refractivity contribution in [3.63, 3.8) is 0 Å². The molecule has 0 unspecified atom stereocenters. The summed E-state index contributed by atoms with van der Waals surface area (Å²) < 4.78 is 17.5. The summed E-state index contributed by atoms with van der Waals surface area (Å²) in [6, 6.07) is 6.16. The quantitative estimate of drug-likeness (QED) is 0.624. The highest BCUT2D eigenvalue weighted by Gasteiger charge is 2.26. The largest absolute Gasteiger partial charge is 0.350 e. The van der Waals surface area contributed by atoms with Gasteiger partial charge in [-0.1, -0.05) is 0 Å². The topological polar surface area (TPSA) is 80.5 Å². The Morgan fingerprint density at radius 2 is 2.11 bits per heavy atom. The third kappa shape index (κ3) is 3.37. The zero-order valence-corrected chi connectivity index (χ0v) is 16.4. The molecule has 7 nitrogen and oxygen atoms in total. The number of halogens is 1. The van der Waals surface area contributed by atoms with Crippen LogP contribution in [-0.2, 0) is 25.8 Å². The molecule has 0 radical (unpaired) electrons. The number of aromatic amines is 1. The number of rotatable bonds is 6. The Balaban J connectivity index is 1.51. The minimum Gasteiger partial charge on any atom is -0.350 e. The highest BCUT2D eigenvalue weighted by atomic mass is 32.1.